The van der Waals surface area contributed by atoms with Crippen LogP contribution in [0.1, 0.15) is 51.9 Å². The molecule has 142 valence electrons. The molecule has 0 saturated carbocycles. The Labute approximate surface area is 165 Å². The molecule has 0 radical (unpaired) electrons. The van der Waals surface area contributed by atoms with Crippen molar-refractivity contribution >= 4 is 23.3 Å². The SMILES string of the molecule is CC(C)(C)C1=CC(=CN=NC(=O)c2ccc(Cl)cc2)C=C(C(C)(C)C)C1=O. The van der Waals surface area contributed by atoms with E-state index < -0.39 is 5.91 Å². The summed E-state index contributed by atoms with van der Waals surface area (Å²) in [5.74, 6) is -0.392. The van der Waals surface area contributed by atoms with Crippen LogP contribution in [0.15, 0.2) is 69.6 Å². The first kappa shape index (κ1) is 21.0. The number of ketones is 1. The molecule has 4 nitrogen and oxygen atoms in total. The molecular formula is C22H25ClN2O2. The average Bonchev–Trinajstić information content (AvgIpc) is 2.54. The summed E-state index contributed by atoms with van der Waals surface area (Å²) in [7, 11) is 0. The molecule has 0 N–H and O–H groups in total. The maximum atomic E-state index is 12.9. The standard InChI is InChI=1S/C22H25ClN2O2/c1-21(2,3)17-11-14(12-18(19(17)26)22(4,5)6)13-24-25-20(27)15-7-9-16(23)10-8-15/h7-13H,1-6H3. The van der Waals surface area contributed by atoms with Gasteiger partial charge in [-0.2, -0.15) is 5.11 Å². The molecule has 0 unspecified atom stereocenters. The Morgan fingerprint density at radius 2 is 1.41 bits per heavy atom. The van der Waals surface area contributed by atoms with Crippen LogP contribution in [0, 0.1) is 10.8 Å². The number of halogens is 1. The molecule has 1 aromatic carbocycles. The van der Waals surface area contributed by atoms with Gasteiger partial charge in [0.25, 0.3) is 5.91 Å². The number of benzene rings is 1. The molecule has 0 heterocycles. The Balaban J connectivity index is 2.34. The summed E-state index contributed by atoms with van der Waals surface area (Å²) in [4.78, 5) is 25.0. The fourth-order valence-corrected chi connectivity index (χ4v) is 2.76. The van der Waals surface area contributed by atoms with E-state index in [1.54, 1.807) is 24.3 Å². The normalized spacial score (nSPS) is 15.7. The minimum Gasteiger partial charge on any atom is -0.289 e. The second-order valence-electron chi connectivity index (χ2n) is 8.60. The number of azo groups is 1. The van der Waals surface area contributed by atoms with Gasteiger partial charge in [-0.1, -0.05) is 53.1 Å². The van der Waals surface area contributed by atoms with Crippen molar-refractivity contribution in [1.29, 1.82) is 0 Å². The van der Waals surface area contributed by atoms with Crippen LogP contribution in [-0.2, 0) is 4.79 Å². The van der Waals surface area contributed by atoms with E-state index in [1.165, 1.54) is 6.20 Å². The van der Waals surface area contributed by atoms with E-state index in [4.69, 9.17) is 11.6 Å². The second kappa shape index (κ2) is 7.73. The predicted molar refractivity (Wildman–Crippen MR) is 109 cm³/mol. The molecule has 0 aromatic heterocycles. The minimum absolute atomic E-state index is 0.0568. The largest absolute Gasteiger partial charge is 0.295 e. The fraction of sp³-hybridized carbons (Fsp3) is 0.364. The van der Waals surface area contributed by atoms with E-state index in [0.717, 1.165) is 16.7 Å². The van der Waals surface area contributed by atoms with Gasteiger partial charge in [-0.25, -0.2) is 0 Å². The zero-order valence-electron chi connectivity index (χ0n) is 16.6. The molecule has 0 spiro atoms. The van der Waals surface area contributed by atoms with Crippen molar-refractivity contribution in [3.05, 3.63) is 69.9 Å². The molecule has 5 heteroatoms. The predicted octanol–water partition coefficient (Wildman–Crippen LogP) is 6.34. The van der Waals surface area contributed by atoms with Crippen molar-refractivity contribution in [3.63, 3.8) is 0 Å². The minimum atomic E-state index is -0.449. The quantitative estimate of drug-likeness (QED) is 0.558. The van der Waals surface area contributed by atoms with Gasteiger partial charge in [0.05, 0.1) is 6.20 Å². The lowest BCUT2D eigenvalue weighted by atomic mass is 9.72. The summed E-state index contributed by atoms with van der Waals surface area (Å²) in [5, 5.41) is 8.22. The summed E-state index contributed by atoms with van der Waals surface area (Å²) >= 11 is 5.82. The molecule has 0 saturated heterocycles. The number of carbonyl (C=O) groups is 2. The van der Waals surface area contributed by atoms with E-state index in [0.29, 0.717) is 10.6 Å². The van der Waals surface area contributed by atoms with Gasteiger partial charge >= 0.3 is 0 Å². The first-order valence-electron chi connectivity index (χ1n) is 8.79. The average molecular weight is 385 g/mol. The molecule has 0 fully saturated rings. The molecule has 1 aliphatic rings. The van der Waals surface area contributed by atoms with Crippen LogP contribution in [0.3, 0.4) is 0 Å². The van der Waals surface area contributed by atoms with Gasteiger partial charge in [-0.15, -0.1) is 5.11 Å². The van der Waals surface area contributed by atoms with E-state index >= 15 is 0 Å². The van der Waals surface area contributed by atoms with Gasteiger partial charge in [0.1, 0.15) is 0 Å². The Kier molecular flexibility index (Phi) is 6.01. The monoisotopic (exact) mass is 384 g/mol. The third-order valence-corrected chi connectivity index (χ3v) is 4.43. The number of nitrogens with zero attached hydrogens (tertiary/aromatic N) is 2. The third kappa shape index (κ3) is 5.33. The summed E-state index contributed by atoms with van der Waals surface area (Å²) in [6.45, 7) is 12.0. The highest BCUT2D eigenvalue weighted by Crippen LogP contribution is 2.38. The lowest BCUT2D eigenvalue weighted by Crippen LogP contribution is -2.27. The maximum Gasteiger partial charge on any atom is 0.295 e. The highest BCUT2D eigenvalue weighted by Gasteiger charge is 2.33. The van der Waals surface area contributed by atoms with E-state index in [9.17, 15) is 9.59 Å². The molecule has 1 amide bonds. The first-order valence-corrected chi connectivity index (χ1v) is 9.17. The zero-order valence-corrected chi connectivity index (χ0v) is 17.4. The summed E-state index contributed by atoms with van der Waals surface area (Å²) in [6.07, 6.45) is 5.16. The van der Waals surface area contributed by atoms with Gasteiger partial charge < -0.3 is 0 Å². The first-order chi connectivity index (χ1) is 12.4. The van der Waals surface area contributed by atoms with Gasteiger partial charge in [-0.3, -0.25) is 9.59 Å². The summed E-state index contributed by atoms with van der Waals surface area (Å²) in [6, 6.07) is 6.47. The van der Waals surface area contributed by atoms with Crippen LogP contribution in [-0.4, -0.2) is 11.7 Å². The fourth-order valence-electron chi connectivity index (χ4n) is 2.64. The van der Waals surface area contributed by atoms with Crippen molar-refractivity contribution < 1.29 is 9.59 Å². The molecule has 27 heavy (non-hydrogen) atoms. The molecule has 0 bridgehead atoms. The van der Waals surface area contributed by atoms with Gasteiger partial charge in [0, 0.05) is 21.7 Å². The van der Waals surface area contributed by atoms with Crippen molar-refractivity contribution in [2.45, 2.75) is 41.5 Å². The van der Waals surface area contributed by atoms with Crippen LogP contribution >= 0.6 is 11.6 Å². The number of hydrogen-bond acceptors (Lipinski definition) is 3. The number of Topliss-reactive ketones (excluding diaryl/α,β-unsaturated/α-hetero) is 1. The van der Waals surface area contributed by atoms with Crippen molar-refractivity contribution in [1.82, 2.24) is 0 Å². The number of rotatable bonds is 2. The zero-order chi connectivity index (χ0) is 20.4. The van der Waals surface area contributed by atoms with Gasteiger partial charge in [0.2, 0.25) is 0 Å². The molecule has 0 atom stereocenters. The number of carbonyl (C=O) groups excluding carboxylic acids is 2. The Morgan fingerprint density at radius 1 is 0.926 bits per heavy atom. The van der Waals surface area contributed by atoms with Gasteiger partial charge in [-0.05, 0) is 52.8 Å². The van der Waals surface area contributed by atoms with Crippen molar-refractivity contribution in [3.8, 4) is 0 Å². The van der Waals surface area contributed by atoms with E-state index in [1.807, 2.05) is 53.7 Å². The molecule has 0 aliphatic heterocycles. The van der Waals surface area contributed by atoms with Crippen LogP contribution in [0.4, 0.5) is 0 Å². The van der Waals surface area contributed by atoms with Crippen LogP contribution in [0.5, 0.6) is 0 Å². The lowest BCUT2D eigenvalue weighted by molar-refractivity contribution is -0.114. The Hall–Kier alpha value is -2.33. The Morgan fingerprint density at radius 3 is 1.85 bits per heavy atom. The van der Waals surface area contributed by atoms with Crippen LogP contribution in [0.2, 0.25) is 5.02 Å². The van der Waals surface area contributed by atoms with Crippen molar-refractivity contribution in [2.24, 2.45) is 21.1 Å². The highest BCUT2D eigenvalue weighted by molar-refractivity contribution is 6.30. The topological polar surface area (TPSA) is 58.9 Å². The molecule has 1 aliphatic carbocycles. The maximum absolute atomic E-state index is 12.9. The van der Waals surface area contributed by atoms with Crippen LogP contribution in [0.25, 0.3) is 0 Å². The van der Waals surface area contributed by atoms with Crippen LogP contribution < -0.4 is 0 Å². The second-order valence-corrected chi connectivity index (χ2v) is 9.04. The molecule has 2 rings (SSSR count). The lowest BCUT2D eigenvalue weighted by Gasteiger charge is -2.31. The molecular weight excluding hydrogens is 360 g/mol. The van der Waals surface area contributed by atoms with Gasteiger partial charge in [0.15, 0.2) is 5.78 Å². The highest BCUT2D eigenvalue weighted by atomic mass is 35.5. The Bertz CT molecular complexity index is 838. The van der Waals surface area contributed by atoms with E-state index in [-0.39, 0.29) is 16.6 Å². The smallest absolute Gasteiger partial charge is 0.289 e. The van der Waals surface area contributed by atoms with E-state index in [2.05, 4.69) is 10.2 Å². The summed E-state index contributed by atoms with van der Waals surface area (Å²) in [5.41, 5.74) is 2.02. The summed E-state index contributed by atoms with van der Waals surface area (Å²) < 4.78 is 0. The molecule has 1 aromatic rings. The number of allylic oxidation sites excluding steroid dienone is 5. The third-order valence-electron chi connectivity index (χ3n) is 4.17. The number of hydrogen-bond donors (Lipinski definition) is 0. The van der Waals surface area contributed by atoms with Crippen molar-refractivity contribution in [2.75, 3.05) is 0 Å². The number of amides is 1.